The number of phenolic OH excluding ortho intramolecular Hbond substituents is 1. The Hall–Kier alpha value is -2.83. The molecule has 0 radical (unpaired) electrons. The third kappa shape index (κ3) is 3.29. The van der Waals surface area contributed by atoms with Gasteiger partial charge in [0.2, 0.25) is 5.91 Å². The number of imidazole rings is 1. The van der Waals surface area contributed by atoms with E-state index in [9.17, 15) is 14.7 Å². The molecular formula is C20H24N4O3. The first-order chi connectivity index (χ1) is 13.0. The van der Waals surface area contributed by atoms with E-state index in [-0.39, 0.29) is 29.6 Å². The molecule has 27 heavy (non-hydrogen) atoms. The van der Waals surface area contributed by atoms with Gasteiger partial charge in [-0.15, -0.1) is 0 Å². The number of hydrogen-bond acceptors (Lipinski definition) is 4. The molecule has 0 aliphatic carbocycles. The number of amides is 2. The summed E-state index contributed by atoms with van der Waals surface area (Å²) in [5, 5.41) is 9.35. The maximum atomic E-state index is 12.8. The number of nitrogens with zero attached hydrogens (tertiary/aromatic N) is 4. The summed E-state index contributed by atoms with van der Waals surface area (Å²) in [7, 11) is 1.82. The quantitative estimate of drug-likeness (QED) is 0.889. The van der Waals surface area contributed by atoms with Gasteiger partial charge >= 0.3 is 0 Å². The molecule has 0 bridgehead atoms. The van der Waals surface area contributed by atoms with Gasteiger partial charge in [-0.25, -0.2) is 4.98 Å². The minimum atomic E-state index is 0.000826. The van der Waals surface area contributed by atoms with Gasteiger partial charge in [0.15, 0.2) is 0 Å². The van der Waals surface area contributed by atoms with Crippen molar-refractivity contribution in [1.82, 2.24) is 19.4 Å². The first-order valence-corrected chi connectivity index (χ1v) is 9.39. The van der Waals surface area contributed by atoms with Gasteiger partial charge in [0.1, 0.15) is 11.4 Å². The number of aryl methyl sites for hydroxylation is 2. The molecule has 2 saturated heterocycles. The minimum Gasteiger partial charge on any atom is -0.508 e. The molecule has 7 nitrogen and oxygen atoms in total. The highest BCUT2D eigenvalue weighted by molar-refractivity contribution is 5.93. The standard InChI is InChI=1S/C20H24N4O3/c1-22-13-21-12-18(22)20(27)24-11-9-16-17(24)8-10-23(16)19(26)7-4-14-2-5-15(25)6-3-14/h2-3,5-6,12-13,16-17,25H,4,7-11H2,1H3/t16-,17-/m0/s1. The van der Waals surface area contributed by atoms with Crippen LogP contribution in [-0.2, 0) is 18.3 Å². The van der Waals surface area contributed by atoms with E-state index >= 15 is 0 Å². The Morgan fingerprint density at radius 2 is 1.78 bits per heavy atom. The largest absolute Gasteiger partial charge is 0.508 e. The molecule has 142 valence electrons. The van der Waals surface area contributed by atoms with Crippen molar-refractivity contribution in [2.75, 3.05) is 13.1 Å². The monoisotopic (exact) mass is 368 g/mol. The summed E-state index contributed by atoms with van der Waals surface area (Å²) in [5.74, 6) is 0.378. The lowest BCUT2D eigenvalue weighted by Crippen LogP contribution is -2.42. The van der Waals surface area contributed by atoms with Crippen LogP contribution in [-0.4, -0.2) is 61.4 Å². The van der Waals surface area contributed by atoms with Crippen LogP contribution in [0, 0.1) is 0 Å². The van der Waals surface area contributed by atoms with Crippen LogP contribution < -0.4 is 0 Å². The van der Waals surface area contributed by atoms with E-state index in [1.165, 1.54) is 0 Å². The number of carbonyl (C=O) groups is 2. The second kappa shape index (κ2) is 7.06. The summed E-state index contributed by atoms with van der Waals surface area (Å²) < 4.78 is 1.74. The smallest absolute Gasteiger partial charge is 0.272 e. The van der Waals surface area contributed by atoms with E-state index < -0.39 is 0 Å². The summed E-state index contributed by atoms with van der Waals surface area (Å²) in [6.45, 7) is 1.39. The Morgan fingerprint density at radius 1 is 1.11 bits per heavy atom. The maximum Gasteiger partial charge on any atom is 0.272 e. The Labute approximate surface area is 158 Å². The van der Waals surface area contributed by atoms with Crippen LogP contribution >= 0.6 is 0 Å². The molecule has 0 unspecified atom stereocenters. The molecule has 2 aromatic rings. The zero-order valence-electron chi connectivity index (χ0n) is 15.4. The highest BCUT2D eigenvalue weighted by Gasteiger charge is 2.46. The maximum absolute atomic E-state index is 12.8. The predicted octanol–water partition coefficient (Wildman–Crippen LogP) is 1.57. The number of aromatic hydroxyl groups is 1. The third-order valence-corrected chi connectivity index (χ3v) is 5.76. The van der Waals surface area contributed by atoms with Crippen LogP contribution in [0.5, 0.6) is 5.75 Å². The zero-order chi connectivity index (χ0) is 19.0. The third-order valence-electron chi connectivity index (χ3n) is 5.76. The van der Waals surface area contributed by atoms with Crippen LogP contribution in [0.3, 0.4) is 0 Å². The van der Waals surface area contributed by atoms with Crippen molar-refractivity contribution in [3.05, 3.63) is 48.0 Å². The Morgan fingerprint density at radius 3 is 2.44 bits per heavy atom. The average Bonchev–Trinajstić information content (AvgIpc) is 3.36. The topological polar surface area (TPSA) is 78.7 Å². The molecule has 2 atom stereocenters. The Kier molecular flexibility index (Phi) is 4.59. The van der Waals surface area contributed by atoms with Crippen molar-refractivity contribution < 1.29 is 14.7 Å². The SMILES string of the molecule is Cn1cncc1C(=O)N1CC[C@H]2[C@@H]1CCN2C(=O)CCc1ccc(O)cc1. The van der Waals surface area contributed by atoms with Crippen LogP contribution in [0.2, 0.25) is 0 Å². The lowest BCUT2D eigenvalue weighted by molar-refractivity contribution is -0.132. The number of rotatable bonds is 4. The molecule has 2 aliphatic rings. The summed E-state index contributed by atoms with van der Waals surface area (Å²) in [6, 6.07) is 7.20. The molecule has 2 fully saturated rings. The highest BCUT2D eigenvalue weighted by atomic mass is 16.3. The van der Waals surface area contributed by atoms with E-state index in [1.54, 1.807) is 29.2 Å². The fourth-order valence-electron chi connectivity index (χ4n) is 4.32. The summed E-state index contributed by atoms with van der Waals surface area (Å²) in [5.41, 5.74) is 1.63. The second-order valence-electron chi connectivity index (χ2n) is 7.35. The molecule has 2 amide bonds. The van der Waals surface area contributed by atoms with Gasteiger partial charge in [0, 0.05) is 26.6 Å². The molecule has 1 N–H and O–H groups in total. The van der Waals surface area contributed by atoms with Crippen LogP contribution in [0.25, 0.3) is 0 Å². The van der Waals surface area contributed by atoms with Crippen molar-refractivity contribution in [3.63, 3.8) is 0 Å². The van der Waals surface area contributed by atoms with Crippen molar-refractivity contribution >= 4 is 11.8 Å². The number of fused-ring (bicyclic) bond motifs is 1. The molecule has 4 rings (SSSR count). The van der Waals surface area contributed by atoms with E-state index in [4.69, 9.17) is 0 Å². The van der Waals surface area contributed by atoms with Gasteiger partial charge in [-0.2, -0.15) is 0 Å². The van der Waals surface area contributed by atoms with E-state index in [0.717, 1.165) is 18.4 Å². The minimum absolute atomic E-state index is 0.000826. The Bertz CT molecular complexity index is 845. The Balaban J connectivity index is 1.38. The molecule has 2 aliphatic heterocycles. The first kappa shape index (κ1) is 17.6. The molecule has 1 aromatic carbocycles. The predicted molar refractivity (Wildman–Crippen MR) is 99.2 cm³/mol. The molecule has 3 heterocycles. The van der Waals surface area contributed by atoms with Gasteiger partial charge in [0.25, 0.3) is 5.91 Å². The van der Waals surface area contributed by atoms with Gasteiger partial charge in [-0.05, 0) is 37.0 Å². The number of benzene rings is 1. The highest BCUT2D eigenvalue weighted by Crippen LogP contribution is 2.33. The lowest BCUT2D eigenvalue weighted by Gasteiger charge is -2.25. The van der Waals surface area contributed by atoms with E-state index in [1.807, 2.05) is 29.0 Å². The molecule has 1 aromatic heterocycles. The van der Waals surface area contributed by atoms with Gasteiger partial charge in [-0.3, -0.25) is 9.59 Å². The fraction of sp³-hybridized carbons (Fsp3) is 0.450. The van der Waals surface area contributed by atoms with Crippen molar-refractivity contribution in [2.45, 2.75) is 37.8 Å². The fourth-order valence-corrected chi connectivity index (χ4v) is 4.32. The van der Waals surface area contributed by atoms with Crippen molar-refractivity contribution in [1.29, 1.82) is 0 Å². The van der Waals surface area contributed by atoms with Crippen LogP contribution in [0.4, 0.5) is 0 Å². The number of likely N-dealkylation sites (tertiary alicyclic amines) is 2. The molecule has 0 saturated carbocycles. The van der Waals surface area contributed by atoms with Crippen molar-refractivity contribution in [2.24, 2.45) is 7.05 Å². The van der Waals surface area contributed by atoms with Crippen LogP contribution in [0.1, 0.15) is 35.3 Å². The molecular weight excluding hydrogens is 344 g/mol. The van der Waals surface area contributed by atoms with Gasteiger partial charge in [0.05, 0.1) is 24.6 Å². The second-order valence-corrected chi connectivity index (χ2v) is 7.35. The van der Waals surface area contributed by atoms with Crippen molar-refractivity contribution in [3.8, 4) is 5.75 Å². The summed E-state index contributed by atoms with van der Waals surface area (Å²) in [4.78, 5) is 33.5. The normalized spacial score (nSPS) is 21.5. The number of hydrogen-bond donors (Lipinski definition) is 1. The molecule has 7 heteroatoms. The van der Waals surface area contributed by atoms with E-state index in [2.05, 4.69) is 4.98 Å². The number of carbonyl (C=O) groups excluding carboxylic acids is 2. The average molecular weight is 368 g/mol. The summed E-state index contributed by atoms with van der Waals surface area (Å²) >= 11 is 0. The summed E-state index contributed by atoms with van der Waals surface area (Å²) in [6.07, 6.45) is 6.01. The molecule has 0 spiro atoms. The van der Waals surface area contributed by atoms with Gasteiger partial charge in [-0.1, -0.05) is 12.1 Å². The first-order valence-electron chi connectivity index (χ1n) is 9.39. The number of aromatic nitrogens is 2. The zero-order valence-corrected chi connectivity index (χ0v) is 15.4. The number of phenols is 1. The van der Waals surface area contributed by atoms with E-state index in [0.29, 0.717) is 31.6 Å². The van der Waals surface area contributed by atoms with Crippen LogP contribution in [0.15, 0.2) is 36.8 Å². The lowest BCUT2D eigenvalue weighted by atomic mass is 10.1. The van der Waals surface area contributed by atoms with Gasteiger partial charge < -0.3 is 19.5 Å².